The Morgan fingerprint density at radius 1 is 1.58 bits per heavy atom. The van der Waals surface area contributed by atoms with Crippen molar-refractivity contribution >= 4 is 5.71 Å². The Kier molecular flexibility index (Phi) is 6.61. The summed E-state index contributed by atoms with van der Waals surface area (Å²) in [7, 11) is 0. The van der Waals surface area contributed by atoms with E-state index in [9.17, 15) is 8.78 Å². The van der Waals surface area contributed by atoms with Crippen LogP contribution < -0.4 is 0 Å². The number of alkyl halides is 2. The zero-order chi connectivity index (χ0) is 9.40. The van der Waals surface area contributed by atoms with Gasteiger partial charge in [0.15, 0.2) is 0 Å². The van der Waals surface area contributed by atoms with E-state index in [1.54, 1.807) is 6.92 Å². The fraction of sp³-hybridized carbons (Fsp3) is 0.875. The molecular formula is C8H15F2NO. The van der Waals surface area contributed by atoms with E-state index in [-0.39, 0.29) is 6.42 Å². The second-order valence-corrected chi connectivity index (χ2v) is 2.59. The van der Waals surface area contributed by atoms with Crippen LogP contribution >= 0.6 is 0 Å². The molecule has 0 aromatic rings. The van der Waals surface area contributed by atoms with Crippen molar-refractivity contribution < 1.29 is 13.6 Å². The summed E-state index contributed by atoms with van der Waals surface area (Å²) >= 11 is 0. The van der Waals surface area contributed by atoms with Gasteiger partial charge in [-0.3, -0.25) is 0 Å². The molecule has 1 aliphatic heterocycles. The molecule has 1 aliphatic rings. The lowest BCUT2D eigenvalue weighted by Gasteiger charge is -1.87. The summed E-state index contributed by atoms with van der Waals surface area (Å²) in [4.78, 5) is 4.64. The van der Waals surface area contributed by atoms with Crippen molar-refractivity contribution in [1.29, 1.82) is 0 Å². The van der Waals surface area contributed by atoms with Gasteiger partial charge in [0.25, 0.3) is 0 Å². The van der Waals surface area contributed by atoms with Crippen molar-refractivity contribution in [1.82, 2.24) is 0 Å². The van der Waals surface area contributed by atoms with Gasteiger partial charge in [0, 0.05) is 12.8 Å². The Labute approximate surface area is 71.6 Å². The minimum atomic E-state index is -2.10. The molecule has 0 radical (unpaired) electrons. The van der Waals surface area contributed by atoms with Crippen LogP contribution in [0.2, 0.25) is 0 Å². The lowest BCUT2D eigenvalue weighted by atomic mass is 10.3. The van der Waals surface area contributed by atoms with Crippen LogP contribution in [0.5, 0.6) is 0 Å². The SMILES string of the molecule is CC1=NOCC1.CCCC(F)F. The summed E-state index contributed by atoms with van der Waals surface area (Å²) in [5, 5.41) is 3.65. The maximum atomic E-state index is 11.0. The smallest absolute Gasteiger partial charge is 0.238 e. The molecule has 0 fully saturated rings. The number of hydrogen-bond donors (Lipinski definition) is 0. The molecule has 72 valence electrons. The lowest BCUT2D eigenvalue weighted by molar-refractivity contribution is 0.137. The molecule has 0 aromatic heterocycles. The first-order valence-corrected chi connectivity index (χ1v) is 4.10. The van der Waals surface area contributed by atoms with Crippen molar-refractivity contribution in [2.75, 3.05) is 6.61 Å². The average Bonchev–Trinajstić information content (AvgIpc) is 2.40. The lowest BCUT2D eigenvalue weighted by Crippen LogP contribution is -1.85. The van der Waals surface area contributed by atoms with Crippen LogP contribution in [0.1, 0.15) is 33.1 Å². The van der Waals surface area contributed by atoms with E-state index in [4.69, 9.17) is 0 Å². The Balaban J connectivity index is 0.000000202. The molecule has 0 spiro atoms. The first kappa shape index (κ1) is 11.3. The molecule has 0 N–H and O–H groups in total. The third-order valence-electron chi connectivity index (χ3n) is 1.28. The molecular weight excluding hydrogens is 164 g/mol. The van der Waals surface area contributed by atoms with Crippen LogP contribution in [0.15, 0.2) is 5.16 Å². The molecule has 12 heavy (non-hydrogen) atoms. The maximum absolute atomic E-state index is 11.0. The number of nitrogens with zero attached hydrogens (tertiary/aromatic N) is 1. The molecule has 0 aromatic carbocycles. The van der Waals surface area contributed by atoms with Gasteiger partial charge in [0.1, 0.15) is 6.61 Å². The van der Waals surface area contributed by atoms with Crippen LogP contribution in [0.3, 0.4) is 0 Å². The van der Waals surface area contributed by atoms with Crippen molar-refractivity contribution in [2.45, 2.75) is 39.5 Å². The molecule has 0 saturated carbocycles. The highest BCUT2D eigenvalue weighted by Crippen LogP contribution is 2.00. The molecule has 4 heteroatoms. The Morgan fingerprint density at radius 2 is 2.25 bits per heavy atom. The highest BCUT2D eigenvalue weighted by molar-refractivity contribution is 5.82. The van der Waals surface area contributed by atoms with Gasteiger partial charge >= 0.3 is 0 Å². The van der Waals surface area contributed by atoms with Gasteiger partial charge in [-0.1, -0.05) is 18.5 Å². The second kappa shape index (κ2) is 7.00. The van der Waals surface area contributed by atoms with Gasteiger partial charge in [0.2, 0.25) is 6.43 Å². The summed E-state index contributed by atoms with van der Waals surface area (Å²) < 4.78 is 22.1. The highest BCUT2D eigenvalue weighted by atomic mass is 19.3. The van der Waals surface area contributed by atoms with Crippen LogP contribution in [0.25, 0.3) is 0 Å². The Morgan fingerprint density at radius 3 is 2.33 bits per heavy atom. The summed E-state index contributed by atoms with van der Waals surface area (Å²) in [6.07, 6.45) is -0.465. The summed E-state index contributed by atoms with van der Waals surface area (Å²) in [5.41, 5.74) is 1.11. The molecule has 0 saturated heterocycles. The number of hydrogen-bond acceptors (Lipinski definition) is 2. The van der Waals surface area contributed by atoms with E-state index in [0.717, 1.165) is 18.7 Å². The molecule has 1 rings (SSSR count). The minimum absolute atomic E-state index is 0.0417. The number of oxime groups is 1. The monoisotopic (exact) mass is 179 g/mol. The summed E-state index contributed by atoms with van der Waals surface area (Å²) in [6.45, 7) is 4.49. The van der Waals surface area contributed by atoms with E-state index in [2.05, 4.69) is 9.99 Å². The number of rotatable bonds is 2. The number of halogens is 2. The first-order chi connectivity index (χ1) is 5.66. The fourth-order valence-electron chi connectivity index (χ4n) is 0.613. The third-order valence-corrected chi connectivity index (χ3v) is 1.28. The summed E-state index contributed by atoms with van der Waals surface area (Å²) in [6, 6.07) is 0. The van der Waals surface area contributed by atoms with E-state index in [1.165, 1.54) is 0 Å². The van der Waals surface area contributed by atoms with Crippen LogP contribution in [-0.4, -0.2) is 18.7 Å². The van der Waals surface area contributed by atoms with Gasteiger partial charge in [-0.25, -0.2) is 8.78 Å². The highest BCUT2D eigenvalue weighted by Gasteiger charge is 1.98. The van der Waals surface area contributed by atoms with Gasteiger partial charge < -0.3 is 4.84 Å². The average molecular weight is 179 g/mol. The van der Waals surface area contributed by atoms with Gasteiger partial charge in [-0.2, -0.15) is 0 Å². The predicted octanol–water partition coefficient (Wildman–Crippen LogP) is 2.83. The zero-order valence-electron chi connectivity index (χ0n) is 7.52. The second-order valence-electron chi connectivity index (χ2n) is 2.59. The fourth-order valence-corrected chi connectivity index (χ4v) is 0.613. The minimum Gasteiger partial charge on any atom is -0.395 e. The molecule has 0 atom stereocenters. The molecule has 0 amide bonds. The van der Waals surface area contributed by atoms with Crippen LogP contribution in [0, 0.1) is 0 Å². The standard InChI is InChI=1S/C4H8F2.C4H7NO/c1-2-3-4(5)6;1-4-2-3-6-5-4/h4H,2-3H2,1H3;2-3H2,1H3. The largest absolute Gasteiger partial charge is 0.395 e. The van der Waals surface area contributed by atoms with Crippen molar-refractivity contribution in [3.63, 3.8) is 0 Å². The van der Waals surface area contributed by atoms with Gasteiger partial charge in [-0.05, 0) is 6.92 Å². The van der Waals surface area contributed by atoms with Gasteiger partial charge in [0.05, 0.1) is 5.71 Å². The van der Waals surface area contributed by atoms with E-state index in [1.807, 2.05) is 6.92 Å². The molecule has 2 nitrogen and oxygen atoms in total. The third kappa shape index (κ3) is 7.44. The normalized spacial score (nSPS) is 14.9. The molecule has 0 unspecified atom stereocenters. The van der Waals surface area contributed by atoms with Crippen LogP contribution in [0.4, 0.5) is 8.78 Å². The van der Waals surface area contributed by atoms with Crippen molar-refractivity contribution in [3.05, 3.63) is 0 Å². The van der Waals surface area contributed by atoms with E-state index >= 15 is 0 Å². The molecule has 1 heterocycles. The van der Waals surface area contributed by atoms with Crippen molar-refractivity contribution in [2.24, 2.45) is 5.16 Å². The van der Waals surface area contributed by atoms with Crippen molar-refractivity contribution in [3.8, 4) is 0 Å². The summed E-state index contributed by atoms with van der Waals surface area (Å²) in [5.74, 6) is 0. The quantitative estimate of drug-likeness (QED) is 0.638. The topological polar surface area (TPSA) is 21.6 Å². The maximum Gasteiger partial charge on any atom is 0.238 e. The predicted molar refractivity (Wildman–Crippen MR) is 44.6 cm³/mol. The molecule has 0 bridgehead atoms. The zero-order valence-corrected chi connectivity index (χ0v) is 7.52. The van der Waals surface area contributed by atoms with Gasteiger partial charge in [-0.15, -0.1) is 0 Å². The molecule has 0 aliphatic carbocycles. The first-order valence-electron chi connectivity index (χ1n) is 4.10. The van der Waals surface area contributed by atoms with Crippen LogP contribution in [-0.2, 0) is 4.84 Å². The Hall–Kier alpha value is -0.670. The Bertz CT molecular complexity index is 137. The van der Waals surface area contributed by atoms with E-state index in [0.29, 0.717) is 6.42 Å². The van der Waals surface area contributed by atoms with E-state index < -0.39 is 6.43 Å².